The fourth-order valence-electron chi connectivity index (χ4n) is 4.48. The summed E-state index contributed by atoms with van der Waals surface area (Å²) in [6.07, 6.45) is -0.324. The summed E-state index contributed by atoms with van der Waals surface area (Å²) in [5, 5.41) is 0.658. The highest BCUT2D eigenvalue weighted by Gasteiger charge is 2.45. The molecule has 7 nitrogen and oxygen atoms in total. The summed E-state index contributed by atoms with van der Waals surface area (Å²) >= 11 is 3.64. The van der Waals surface area contributed by atoms with Crippen molar-refractivity contribution in [1.29, 1.82) is 0 Å². The van der Waals surface area contributed by atoms with Crippen LogP contribution in [0, 0.1) is 5.92 Å². The van der Waals surface area contributed by atoms with Gasteiger partial charge >= 0.3 is 0 Å². The van der Waals surface area contributed by atoms with E-state index in [4.69, 9.17) is 33.2 Å². The van der Waals surface area contributed by atoms with Crippen molar-refractivity contribution in [3.05, 3.63) is 35.4 Å². The van der Waals surface area contributed by atoms with Gasteiger partial charge in [-0.3, -0.25) is 0 Å². The molecule has 4 atom stereocenters. The molecule has 1 aliphatic rings. The summed E-state index contributed by atoms with van der Waals surface area (Å²) in [5.74, 6) is 4.05. The molecule has 0 spiro atoms. The van der Waals surface area contributed by atoms with Gasteiger partial charge in [0, 0.05) is 34.5 Å². The molecule has 32 heavy (non-hydrogen) atoms. The van der Waals surface area contributed by atoms with E-state index >= 15 is 0 Å². The fraction of sp³-hybridized carbons (Fsp3) is 0.500. The van der Waals surface area contributed by atoms with Crippen LogP contribution >= 0.6 is 15.9 Å². The Hall–Kier alpha value is -2.32. The van der Waals surface area contributed by atoms with E-state index in [1.807, 2.05) is 24.3 Å². The third-order valence-corrected chi connectivity index (χ3v) is 6.69. The number of methoxy groups -OCH3 is 6. The average molecular weight is 511 g/mol. The lowest BCUT2D eigenvalue weighted by Crippen LogP contribution is -2.19. The van der Waals surface area contributed by atoms with Crippen LogP contribution in [0.4, 0.5) is 0 Å². The second-order valence-electron chi connectivity index (χ2n) is 7.53. The molecule has 0 aromatic heterocycles. The van der Waals surface area contributed by atoms with Gasteiger partial charge in [0.25, 0.3) is 0 Å². The van der Waals surface area contributed by atoms with E-state index in [9.17, 15) is 0 Å². The number of hydrogen-bond donors (Lipinski definition) is 0. The minimum atomic E-state index is -0.227. The molecule has 2 aromatic rings. The first-order valence-corrected chi connectivity index (χ1v) is 11.4. The zero-order valence-corrected chi connectivity index (χ0v) is 21.1. The first-order chi connectivity index (χ1) is 15.5. The summed E-state index contributed by atoms with van der Waals surface area (Å²) in [6.45, 7) is 2.17. The summed E-state index contributed by atoms with van der Waals surface area (Å²) < 4.78 is 40.0. The monoisotopic (exact) mass is 510 g/mol. The lowest BCUT2D eigenvalue weighted by atomic mass is 9.81. The summed E-state index contributed by atoms with van der Waals surface area (Å²) in [6, 6.07) is 7.60. The van der Waals surface area contributed by atoms with Gasteiger partial charge in [0.1, 0.15) is 11.5 Å². The smallest absolute Gasteiger partial charge is 0.164 e. The van der Waals surface area contributed by atoms with Crippen molar-refractivity contribution >= 4 is 15.9 Å². The Balaban J connectivity index is 2.10. The fourth-order valence-corrected chi connectivity index (χ4v) is 5.04. The minimum absolute atomic E-state index is 0.0342. The molecule has 0 N–H and O–H groups in total. The maximum Gasteiger partial charge on any atom is 0.164 e. The molecule has 1 saturated heterocycles. The van der Waals surface area contributed by atoms with Gasteiger partial charge in [-0.1, -0.05) is 22.9 Å². The van der Waals surface area contributed by atoms with Gasteiger partial charge in [-0.25, -0.2) is 0 Å². The van der Waals surface area contributed by atoms with Crippen LogP contribution in [0.25, 0.3) is 0 Å². The van der Waals surface area contributed by atoms with E-state index in [2.05, 4.69) is 22.9 Å². The molecule has 1 fully saturated rings. The predicted molar refractivity (Wildman–Crippen MR) is 126 cm³/mol. The van der Waals surface area contributed by atoms with Crippen molar-refractivity contribution in [3.63, 3.8) is 0 Å². The van der Waals surface area contributed by atoms with Crippen LogP contribution < -0.4 is 28.4 Å². The predicted octanol–water partition coefficient (Wildman–Crippen LogP) is 4.99. The van der Waals surface area contributed by atoms with Gasteiger partial charge in [-0.15, -0.1) is 0 Å². The van der Waals surface area contributed by atoms with Crippen molar-refractivity contribution < 1.29 is 33.2 Å². The Morgan fingerprint density at radius 2 is 1.06 bits per heavy atom. The lowest BCUT2D eigenvalue weighted by molar-refractivity contribution is 0.0445. The van der Waals surface area contributed by atoms with Crippen LogP contribution in [0.2, 0.25) is 0 Å². The molecule has 1 aliphatic heterocycles. The highest BCUT2D eigenvalue weighted by atomic mass is 79.9. The zero-order valence-electron chi connectivity index (χ0n) is 19.6. The van der Waals surface area contributed by atoms with Crippen LogP contribution in [-0.4, -0.2) is 54.1 Å². The topological polar surface area (TPSA) is 64.6 Å². The molecule has 0 aliphatic carbocycles. The number of ether oxygens (including phenoxy) is 7. The highest BCUT2D eigenvalue weighted by Crippen LogP contribution is 2.54. The highest BCUT2D eigenvalue weighted by molar-refractivity contribution is 9.09. The van der Waals surface area contributed by atoms with Crippen LogP contribution in [-0.2, 0) is 4.74 Å². The molecule has 1 heterocycles. The van der Waals surface area contributed by atoms with E-state index in [1.165, 1.54) is 0 Å². The molecule has 2 aromatic carbocycles. The van der Waals surface area contributed by atoms with Gasteiger partial charge in [0.05, 0.1) is 54.9 Å². The lowest BCUT2D eigenvalue weighted by Gasteiger charge is -2.25. The SMILES string of the molecule is COc1cc(OC)c([C@H]2[C@H](C)[C@@H](c3cc(OC)c(OC)cc3OC)O[C@@H]2CBr)cc1OC. The normalized spacial score (nSPS) is 22.4. The largest absolute Gasteiger partial charge is 0.496 e. The Labute approximate surface area is 198 Å². The minimum Gasteiger partial charge on any atom is -0.496 e. The number of alkyl halides is 1. The first kappa shape index (κ1) is 24.3. The molecule has 3 rings (SSSR count). The van der Waals surface area contributed by atoms with Crippen molar-refractivity contribution in [1.82, 2.24) is 0 Å². The first-order valence-electron chi connectivity index (χ1n) is 10.3. The van der Waals surface area contributed by atoms with Crippen molar-refractivity contribution in [2.24, 2.45) is 5.92 Å². The van der Waals surface area contributed by atoms with E-state index in [0.29, 0.717) is 34.1 Å². The number of benzene rings is 2. The van der Waals surface area contributed by atoms with E-state index in [1.54, 1.807) is 42.7 Å². The van der Waals surface area contributed by atoms with Crippen molar-refractivity contribution in [3.8, 4) is 34.5 Å². The Kier molecular flexibility index (Phi) is 8.00. The Morgan fingerprint density at radius 1 is 0.656 bits per heavy atom. The summed E-state index contributed by atoms with van der Waals surface area (Å²) in [4.78, 5) is 0. The number of hydrogen-bond acceptors (Lipinski definition) is 7. The Morgan fingerprint density at radius 3 is 1.50 bits per heavy atom. The molecule has 0 saturated carbocycles. The van der Waals surface area contributed by atoms with Crippen LogP contribution in [0.5, 0.6) is 34.5 Å². The standard InChI is InChI=1S/C24H31BrO7/c1-13-23(14-8-18(28-4)20(30-6)10-16(14)26-2)22(12-25)32-24(13)15-9-19(29-5)21(31-7)11-17(15)27-3/h8-11,13,22-24H,12H2,1-7H3/t13-,22+,23+,24-/m0/s1. The third-order valence-electron chi connectivity index (χ3n) is 6.06. The molecule has 0 bridgehead atoms. The molecule has 0 amide bonds. The summed E-state index contributed by atoms with van der Waals surface area (Å²) in [7, 11) is 9.75. The number of rotatable bonds is 9. The van der Waals surface area contributed by atoms with Gasteiger partial charge in [0.15, 0.2) is 23.0 Å². The van der Waals surface area contributed by atoms with Crippen molar-refractivity contribution in [2.75, 3.05) is 48.0 Å². The zero-order chi connectivity index (χ0) is 23.4. The van der Waals surface area contributed by atoms with Gasteiger partial charge < -0.3 is 33.2 Å². The maximum absolute atomic E-state index is 6.57. The Bertz CT molecular complexity index is 933. The second-order valence-corrected chi connectivity index (χ2v) is 8.18. The average Bonchev–Trinajstić information content (AvgIpc) is 3.17. The molecule has 0 radical (unpaired) electrons. The van der Waals surface area contributed by atoms with Crippen LogP contribution in [0.1, 0.15) is 30.1 Å². The van der Waals surface area contributed by atoms with E-state index in [0.717, 1.165) is 16.9 Å². The van der Waals surface area contributed by atoms with Crippen molar-refractivity contribution in [2.45, 2.75) is 25.0 Å². The van der Waals surface area contributed by atoms with Gasteiger partial charge in [-0.2, -0.15) is 0 Å². The van der Waals surface area contributed by atoms with Gasteiger partial charge in [0.2, 0.25) is 0 Å². The van der Waals surface area contributed by atoms with Gasteiger partial charge in [-0.05, 0) is 18.1 Å². The quantitative estimate of drug-likeness (QED) is 0.440. The summed E-state index contributed by atoms with van der Waals surface area (Å²) in [5.41, 5.74) is 1.91. The molecular formula is C24H31BrO7. The van der Waals surface area contributed by atoms with E-state index in [-0.39, 0.29) is 24.0 Å². The third kappa shape index (κ3) is 4.30. The maximum atomic E-state index is 6.57. The number of halogens is 1. The van der Waals surface area contributed by atoms with Crippen LogP contribution in [0.15, 0.2) is 24.3 Å². The second kappa shape index (κ2) is 10.5. The van der Waals surface area contributed by atoms with E-state index < -0.39 is 0 Å². The van der Waals surface area contributed by atoms with Crippen LogP contribution in [0.3, 0.4) is 0 Å². The molecule has 176 valence electrons. The molecule has 0 unspecified atom stereocenters. The molecule has 8 heteroatoms. The molecular weight excluding hydrogens is 480 g/mol.